The van der Waals surface area contributed by atoms with Gasteiger partial charge in [-0.2, -0.15) is 0 Å². The second-order valence-electron chi connectivity index (χ2n) is 10.6. The zero-order valence-corrected chi connectivity index (χ0v) is 26.6. The van der Waals surface area contributed by atoms with Gasteiger partial charge in [0.15, 0.2) is 12.2 Å². The Balaban J connectivity index is 1.89. The number of methoxy groups -OCH3 is 2. The predicted molar refractivity (Wildman–Crippen MR) is 169 cm³/mol. The van der Waals surface area contributed by atoms with E-state index in [1.807, 2.05) is 36.4 Å². The van der Waals surface area contributed by atoms with Gasteiger partial charge in [0.25, 0.3) is 0 Å². The Hall–Kier alpha value is -3.07. The van der Waals surface area contributed by atoms with Crippen molar-refractivity contribution in [1.82, 2.24) is 0 Å². The lowest BCUT2D eigenvalue weighted by Gasteiger charge is -2.22. The van der Waals surface area contributed by atoms with Crippen LogP contribution in [0.25, 0.3) is 21.5 Å². The van der Waals surface area contributed by atoms with Crippen molar-refractivity contribution in [3.8, 4) is 11.5 Å². The minimum absolute atomic E-state index is 0.100. The Labute approximate surface area is 259 Å². The molecule has 0 aliphatic heterocycles. The summed E-state index contributed by atoms with van der Waals surface area (Å²) < 4.78 is 34.8. The molecule has 0 amide bonds. The Bertz CT molecular complexity index is 1310. The molecule has 2 unspecified atom stereocenters. The van der Waals surface area contributed by atoms with Crippen molar-refractivity contribution in [1.29, 1.82) is 0 Å². The van der Waals surface area contributed by atoms with Crippen molar-refractivity contribution in [3.63, 3.8) is 0 Å². The van der Waals surface area contributed by atoms with E-state index in [-0.39, 0.29) is 38.4 Å². The summed E-state index contributed by atoms with van der Waals surface area (Å²) in [4.78, 5) is 24.8. The molecule has 0 aliphatic rings. The van der Waals surface area contributed by atoms with E-state index in [0.29, 0.717) is 29.4 Å². The van der Waals surface area contributed by atoms with Crippen LogP contribution in [0.1, 0.15) is 65.2 Å². The molecule has 3 aromatic rings. The van der Waals surface area contributed by atoms with Crippen molar-refractivity contribution in [3.05, 3.63) is 47.5 Å². The molecule has 0 saturated heterocycles. The molecule has 8 nitrogen and oxygen atoms in total. The summed E-state index contributed by atoms with van der Waals surface area (Å²) in [5.41, 5.74) is 0. The number of esters is 2. The van der Waals surface area contributed by atoms with Gasteiger partial charge in [-0.25, -0.2) is 0 Å². The largest absolute Gasteiger partial charge is 0.488 e. The molecule has 0 saturated carbocycles. The molecule has 0 fully saturated rings. The van der Waals surface area contributed by atoms with E-state index >= 15 is 0 Å². The molecule has 0 radical (unpaired) electrons. The lowest BCUT2D eigenvalue weighted by Crippen LogP contribution is -2.30. The van der Waals surface area contributed by atoms with E-state index in [9.17, 15) is 9.59 Å². The van der Waals surface area contributed by atoms with Crippen LogP contribution in [0.15, 0.2) is 42.5 Å². The molecule has 0 bridgehead atoms. The average Bonchev–Trinajstić information content (AvgIpc) is 2.99. The SMILES string of the molecule is CCCCCC(=O)OC(COC)COc1c2ccccc2c(OCC(COC)OC(=O)CCCCC)c2cc(Cl)ccc12. The van der Waals surface area contributed by atoms with Crippen molar-refractivity contribution in [2.24, 2.45) is 0 Å². The first kappa shape index (κ1) is 34.4. The Morgan fingerprint density at radius 1 is 0.651 bits per heavy atom. The van der Waals surface area contributed by atoms with E-state index in [1.54, 1.807) is 20.3 Å². The fourth-order valence-corrected chi connectivity index (χ4v) is 5.04. The van der Waals surface area contributed by atoms with E-state index < -0.39 is 12.2 Å². The number of benzene rings is 3. The summed E-state index contributed by atoms with van der Waals surface area (Å²) in [5.74, 6) is 0.686. The van der Waals surface area contributed by atoms with Gasteiger partial charge in [-0.3, -0.25) is 9.59 Å². The van der Waals surface area contributed by atoms with Crippen LogP contribution < -0.4 is 9.47 Å². The molecule has 0 heterocycles. The third-order valence-electron chi connectivity index (χ3n) is 6.98. The zero-order chi connectivity index (χ0) is 31.0. The number of carbonyl (C=O) groups excluding carboxylic acids is 2. The van der Waals surface area contributed by atoms with Crippen molar-refractivity contribution in [2.45, 2.75) is 77.4 Å². The maximum Gasteiger partial charge on any atom is 0.306 e. The molecule has 3 rings (SSSR count). The molecular formula is C34H45ClO8. The summed E-state index contributed by atoms with van der Waals surface area (Å²) in [5, 5.41) is 3.68. The molecule has 0 aliphatic carbocycles. The topological polar surface area (TPSA) is 89.5 Å². The normalized spacial score (nSPS) is 12.7. The van der Waals surface area contributed by atoms with Gasteiger partial charge in [-0.05, 0) is 31.0 Å². The first-order valence-corrected chi connectivity index (χ1v) is 15.6. The third kappa shape index (κ3) is 10.6. The summed E-state index contributed by atoms with van der Waals surface area (Å²) in [6.07, 6.45) is 5.15. The van der Waals surface area contributed by atoms with Gasteiger partial charge in [-0.1, -0.05) is 75.4 Å². The van der Waals surface area contributed by atoms with Crippen LogP contribution in [0.3, 0.4) is 0 Å². The number of halogens is 1. The molecular weight excluding hydrogens is 572 g/mol. The minimum atomic E-state index is -0.579. The number of hydrogen-bond acceptors (Lipinski definition) is 8. The number of ether oxygens (including phenoxy) is 6. The van der Waals surface area contributed by atoms with Gasteiger partial charge in [0.2, 0.25) is 0 Å². The highest BCUT2D eigenvalue weighted by molar-refractivity contribution is 6.31. The van der Waals surface area contributed by atoms with Crippen LogP contribution in [0.2, 0.25) is 5.02 Å². The van der Waals surface area contributed by atoms with Gasteiger partial charge >= 0.3 is 11.9 Å². The van der Waals surface area contributed by atoms with Crippen LogP contribution in [-0.2, 0) is 28.5 Å². The number of unbranched alkanes of at least 4 members (excludes halogenated alkanes) is 4. The number of hydrogen-bond donors (Lipinski definition) is 0. The van der Waals surface area contributed by atoms with Gasteiger partial charge in [0.05, 0.1) is 13.2 Å². The monoisotopic (exact) mass is 616 g/mol. The second-order valence-corrected chi connectivity index (χ2v) is 11.0. The number of rotatable bonds is 20. The molecule has 236 valence electrons. The van der Waals surface area contributed by atoms with Gasteiger partial charge in [0, 0.05) is 53.6 Å². The lowest BCUT2D eigenvalue weighted by atomic mass is 10.0. The quantitative estimate of drug-likeness (QED) is 0.0725. The Morgan fingerprint density at radius 2 is 1.12 bits per heavy atom. The summed E-state index contributed by atoms with van der Waals surface area (Å²) in [6, 6.07) is 13.2. The Morgan fingerprint density at radius 3 is 1.58 bits per heavy atom. The van der Waals surface area contributed by atoms with E-state index in [0.717, 1.165) is 60.1 Å². The summed E-state index contributed by atoms with van der Waals surface area (Å²) in [6.45, 7) is 4.80. The van der Waals surface area contributed by atoms with Gasteiger partial charge in [-0.15, -0.1) is 0 Å². The molecule has 43 heavy (non-hydrogen) atoms. The van der Waals surface area contributed by atoms with E-state index in [4.69, 9.17) is 40.0 Å². The minimum Gasteiger partial charge on any atom is -0.488 e. The molecule has 0 spiro atoms. The molecule has 9 heteroatoms. The van der Waals surface area contributed by atoms with Crippen LogP contribution in [-0.4, -0.2) is 64.8 Å². The van der Waals surface area contributed by atoms with Gasteiger partial charge < -0.3 is 28.4 Å². The molecule has 2 atom stereocenters. The molecule has 0 N–H and O–H groups in total. The lowest BCUT2D eigenvalue weighted by molar-refractivity contribution is -0.154. The van der Waals surface area contributed by atoms with Crippen molar-refractivity contribution < 1.29 is 38.0 Å². The third-order valence-corrected chi connectivity index (χ3v) is 7.22. The van der Waals surface area contributed by atoms with Crippen molar-refractivity contribution in [2.75, 3.05) is 40.6 Å². The molecule has 3 aromatic carbocycles. The van der Waals surface area contributed by atoms with Crippen LogP contribution in [0.4, 0.5) is 0 Å². The van der Waals surface area contributed by atoms with E-state index in [2.05, 4.69) is 13.8 Å². The molecule has 0 aromatic heterocycles. The van der Waals surface area contributed by atoms with Crippen LogP contribution in [0.5, 0.6) is 11.5 Å². The number of carbonyl (C=O) groups is 2. The predicted octanol–water partition coefficient (Wildman–Crippen LogP) is 7.68. The van der Waals surface area contributed by atoms with Crippen molar-refractivity contribution >= 4 is 45.1 Å². The van der Waals surface area contributed by atoms with E-state index in [1.165, 1.54) is 0 Å². The maximum atomic E-state index is 12.4. The highest BCUT2D eigenvalue weighted by Crippen LogP contribution is 2.43. The first-order valence-electron chi connectivity index (χ1n) is 15.2. The van der Waals surface area contributed by atoms with Crippen LogP contribution in [0, 0.1) is 0 Å². The Kier molecular flexibility index (Phi) is 14.9. The fourth-order valence-electron chi connectivity index (χ4n) is 4.87. The fraction of sp³-hybridized carbons (Fsp3) is 0.529. The van der Waals surface area contributed by atoms with Crippen LogP contribution >= 0.6 is 11.6 Å². The summed E-state index contributed by atoms with van der Waals surface area (Å²) in [7, 11) is 3.13. The second kappa shape index (κ2) is 18.6. The highest BCUT2D eigenvalue weighted by Gasteiger charge is 2.22. The average molecular weight is 617 g/mol. The summed E-state index contributed by atoms with van der Waals surface area (Å²) >= 11 is 6.45. The maximum absolute atomic E-state index is 12.4. The highest BCUT2D eigenvalue weighted by atomic mass is 35.5. The zero-order valence-electron chi connectivity index (χ0n) is 25.8. The smallest absolute Gasteiger partial charge is 0.306 e. The first-order chi connectivity index (χ1) is 20.9. The van der Waals surface area contributed by atoms with Gasteiger partial charge in [0.1, 0.15) is 24.7 Å². The number of fused-ring (bicyclic) bond motifs is 2. The standard InChI is InChI=1S/C34H45ClO8/c1-5-7-9-15-31(36)42-25(20-38-3)22-40-33-27-13-11-12-14-28(27)34(30-19-24(35)17-18-29(30)33)41-23-26(21-39-4)43-32(37)16-10-8-6-2/h11-14,17-19,25-26H,5-10,15-16,20-23H2,1-4H3.